The number of aliphatic carboxylic acids is 1. The monoisotopic (exact) mass is 358 g/mol. The Kier molecular flexibility index (Phi) is 4.89. The predicted octanol–water partition coefficient (Wildman–Crippen LogP) is 4.45. The van der Waals surface area contributed by atoms with Crippen LogP contribution in [0.5, 0.6) is 0 Å². The second-order valence-corrected chi connectivity index (χ2v) is 8.65. The maximum atomic E-state index is 12.4. The molecule has 2 aliphatic carbocycles. The van der Waals surface area contributed by atoms with E-state index < -0.39 is 17.4 Å². The van der Waals surface area contributed by atoms with Crippen molar-refractivity contribution in [2.45, 2.75) is 70.6 Å². The summed E-state index contributed by atoms with van der Waals surface area (Å²) in [5, 5.41) is 10.1. The third-order valence-electron chi connectivity index (χ3n) is 6.98. The first kappa shape index (κ1) is 18.9. The fourth-order valence-corrected chi connectivity index (χ4v) is 5.56. The molecule has 142 valence electrons. The fraction of sp³-hybridized carbons (Fsp3) is 0.636. The molecule has 0 amide bonds. The number of hydrogen-bond donors (Lipinski definition) is 1. The molecule has 1 saturated carbocycles. The summed E-state index contributed by atoms with van der Waals surface area (Å²) < 4.78 is 4.85. The van der Waals surface area contributed by atoms with Crippen molar-refractivity contribution < 1.29 is 19.4 Å². The van der Waals surface area contributed by atoms with Gasteiger partial charge in [-0.1, -0.05) is 45.4 Å². The van der Waals surface area contributed by atoms with Gasteiger partial charge in [-0.05, 0) is 59.6 Å². The molecule has 0 spiro atoms. The number of aryl methyl sites for hydroxylation is 1. The number of ether oxygens (including phenoxy) is 1. The second kappa shape index (κ2) is 6.71. The lowest BCUT2D eigenvalue weighted by Crippen LogP contribution is -2.54. The van der Waals surface area contributed by atoms with Gasteiger partial charge >= 0.3 is 11.9 Å². The third kappa shape index (κ3) is 2.83. The Balaban J connectivity index is 2.07. The van der Waals surface area contributed by atoms with Crippen molar-refractivity contribution in [2.24, 2.45) is 11.3 Å². The second-order valence-electron chi connectivity index (χ2n) is 8.65. The smallest absolute Gasteiger partial charge is 0.310 e. The molecular weight excluding hydrogens is 328 g/mol. The number of rotatable bonds is 4. The van der Waals surface area contributed by atoms with E-state index in [4.69, 9.17) is 4.74 Å². The lowest BCUT2D eigenvalue weighted by atomic mass is 9.48. The van der Waals surface area contributed by atoms with Gasteiger partial charge in [0.25, 0.3) is 0 Å². The van der Waals surface area contributed by atoms with Crippen molar-refractivity contribution in [2.75, 3.05) is 7.11 Å². The molecule has 0 bridgehead atoms. The summed E-state index contributed by atoms with van der Waals surface area (Å²) in [6.45, 7) is 6.60. The molecule has 4 nitrogen and oxygen atoms in total. The van der Waals surface area contributed by atoms with Gasteiger partial charge < -0.3 is 9.84 Å². The highest BCUT2D eigenvalue weighted by molar-refractivity contribution is 5.83. The molecule has 3 rings (SSSR count). The third-order valence-corrected chi connectivity index (χ3v) is 6.98. The summed E-state index contributed by atoms with van der Waals surface area (Å²) in [6.07, 6.45) is 4.01. The van der Waals surface area contributed by atoms with Crippen LogP contribution in [0.3, 0.4) is 0 Å². The molecule has 0 heterocycles. The van der Waals surface area contributed by atoms with Gasteiger partial charge in [0.1, 0.15) is 0 Å². The van der Waals surface area contributed by atoms with Crippen molar-refractivity contribution >= 4 is 11.9 Å². The summed E-state index contributed by atoms with van der Waals surface area (Å²) in [5.41, 5.74) is 2.76. The molecule has 1 aromatic rings. The van der Waals surface area contributed by atoms with Crippen LogP contribution in [-0.4, -0.2) is 24.2 Å². The number of methoxy groups -OCH3 is 1. The van der Waals surface area contributed by atoms with Gasteiger partial charge in [-0.25, -0.2) is 0 Å². The molecular formula is C22H30O4. The number of fused-ring (bicyclic) bond motifs is 3. The van der Waals surface area contributed by atoms with Crippen molar-refractivity contribution in [3.63, 3.8) is 0 Å². The molecule has 1 aromatic carbocycles. The number of esters is 1. The molecule has 0 aliphatic heterocycles. The van der Waals surface area contributed by atoms with E-state index in [0.717, 1.165) is 25.7 Å². The Morgan fingerprint density at radius 1 is 1.31 bits per heavy atom. The Morgan fingerprint density at radius 2 is 2.04 bits per heavy atom. The topological polar surface area (TPSA) is 63.6 Å². The lowest BCUT2D eigenvalue weighted by molar-refractivity contribution is -0.167. The van der Waals surface area contributed by atoms with E-state index in [0.29, 0.717) is 12.3 Å². The zero-order valence-electron chi connectivity index (χ0n) is 16.3. The Labute approximate surface area is 155 Å². The molecule has 0 radical (unpaired) electrons. The van der Waals surface area contributed by atoms with E-state index in [9.17, 15) is 14.7 Å². The maximum Gasteiger partial charge on any atom is 0.310 e. The van der Waals surface area contributed by atoms with E-state index >= 15 is 0 Å². The Morgan fingerprint density at radius 3 is 2.65 bits per heavy atom. The molecule has 4 heteroatoms. The normalized spacial score (nSPS) is 30.4. The van der Waals surface area contributed by atoms with Crippen LogP contribution in [0.25, 0.3) is 0 Å². The molecule has 0 saturated heterocycles. The Bertz CT molecular complexity index is 723. The van der Waals surface area contributed by atoms with Gasteiger partial charge in [0, 0.05) is 0 Å². The zero-order valence-corrected chi connectivity index (χ0v) is 16.3. The average molecular weight is 358 g/mol. The Hall–Kier alpha value is -1.84. The molecule has 1 N–H and O–H groups in total. The van der Waals surface area contributed by atoms with Gasteiger partial charge in [0.2, 0.25) is 0 Å². The molecule has 3 atom stereocenters. The minimum Gasteiger partial charge on any atom is -0.481 e. The van der Waals surface area contributed by atoms with Crippen LogP contribution in [0, 0.1) is 11.3 Å². The van der Waals surface area contributed by atoms with Crippen LogP contribution in [0.15, 0.2) is 18.2 Å². The number of benzene rings is 1. The van der Waals surface area contributed by atoms with Crippen LogP contribution in [0.1, 0.15) is 75.5 Å². The lowest BCUT2D eigenvalue weighted by Gasteiger charge is -2.54. The van der Waals surface area contributed by atoms with E-state index in [2.05, 4.69) is 39.0 Å². The van der Waals surface area contributed by atoms with E-state index in [-0.39, 0.29) is 17.8 Å². The zero-order chi connectivity index (χ0) is 19.1. The summed E-state index contributed by atoms with van der Waals surface area (Å²) >= 11 is 0. The quantitative estimate of drug-likeness (QED) is 0.808. The van der Waals surface area contributed by atoms with Crippen LogP contribution < -0.4 is 0 Å². The molecule has 0 unspecified atom stereocenters. The predicted molar refractivity (Wildman–Crippen MR) is 100 cm³/mol. The van der Waals surface area contributed by atoms with Gasteiger partial charge in [-0.2, -0.15) is 0 Å². The highest BCUT2D eigenvalue weighted by Gasteiger charge is 2.58. The number of carboxylic acids is 1. The van der Waals surface area contributed by atoms with Crippen molar-refractivity contribution in [1.29, 1.82) is 0 Å². The number of carboxylic acid groups (broad SMARTS) is 1. The molecule has 0 aromatic heterocycles. The van der Waals surface area contributed by atoms with Gasteiger partial charge in [0.05, 0.1) is 18.9 Å². The highest BCUT2D eigenvalue weighted by atomic mass is 16.5. The first-order valence-electron chi connectivity index (χ1n) is 9.68. The van der Waals surface area contributed by atoms with Crippen LogP contribution >= 0.6 is 0 Å². The van der Waals surface area contributed by atoms with Crippen molar-refractivity contribution in [3.05, 3.63) is 34.9 Å². The first-order chi connectivity index (χ1) is 12.2. The van der Waals surface area contributed by atoms with Crippen LogP contribution in [-0.2, 0) is 26.2 Å². The van der Waals surface area contributed by atoms with Crippen molar-refractivity contribution in [1.82, 2.24) is 0 Å². The number of carbonyl (C=O) groups excluding carboxylic acids is 1. The summed E-state index contributed by atoms with van der Waals surface area (Å²) in [5.74, 6) is -0.828. The molecule has 1 fully saturated rings. The minimum absolute atomic E-state index is 0.0293. The average Bonchev–Trinajstić information content (AvgIpc) is 2.60. The summed E-state index contributed by atoms with van der Waals surface area (Å²) in [4.78, 5) is 24.4. The van der Waals surface area contributed by atoms with Gasteiger partial charge in [-0.15, -0.1) is 0 Å². The van der Waals surface area contributed by atoms with E-state index in [1.54, 1.807) is 0 Å². The largest absolute Gasteiger partial charge is 0.481 e. The number of carbonyl (C=O) groups is 2. The van der Waals surface area contributed by atoms with Crippen LogP contribution in [0.2, 0.25) is 0 Å². The van der Waals surface area contributed by atoms with E-state index in [1.165, 1.54) is 23.8 Å². The van der Waals surface area contributed by atoms with Crippen LogP contribution in [0.4, 0.5) is 0 Å². The highest BCUT2D eigenvalue weighted by Crippen LogP contribution is 2.59. The minimum atomic E-state index is -1.02. The molecule has 26 heavy (non-hydrogen) atoms. The van der Waals surface area contributed by atoms with E-state index in [1.807, 2.05) is 0 Å². The maximum absolute atomic E-state index is 12.4. The standard InChI is InChI=1S/C22H30O4/c1-14(2)15-6-8-17-16(12-15)7-9-18-21(17,3)10-5-11-22(18,20(24)25)13-19(23)26-4/h6,8,12,14,18H,5,7,9-11,13H2,1-4H3,(H,24,25)/t18-,21-,22+/m1/s1. The van der Waals surface area contributed by atoms with Gasteiger partial charge in [-0.3, -0.25) is 9.59 Å². The number of hydrogen-bond acceptors (Lipinski definition) is 3. The SMILES string of the molecule is COC(=O)C[C@@]1(C(=O)O)CCC[C@]2(C)c3ccc(C(C)C)cc3CC[C@@H]12. The summed E-state index contributed by atoms with van der Waals surface area (Å²) in [7, 11) is 1.34. The van der Waals surface area contributed by atoms with Crippen molar-refractivity contribution in [3.8, 4) is 0 Å². The first-order valence-corrected chi connectivity index (χ1v) is 9.68. The fourth-order valence-electron chi connectivity index (χ4n) is 5.56. The van der Waals surface area contributed by atoms with Gasteiger partial charge in [0.15, 0.2) is 0 Å². The molecule has 2 aliphatic rings. The summed E-state index contributed by atoms with van der Waals surface area (Å²) in [6, 6.07) is 6.71.